The van der Waals surface area contributed by atoms with Gasteiger partial charge >= 0.3 is 0 Å². The molecule has 0 amide bonds. The predicted molar refractivity (Wildman–Crippen MR) is 52.6 cm³/mol. The first kappa shape index (κ1) is 9.44. The van der Waals surface area contributed by atoms with E-state index >= 15 is 0 Å². The Balaban J connectivity index is 1.84. The molecule has 2 fully saturated rings. The molecule has 0 saturated carbocycles. The Morgan fingerprint density at radius 2 is 2.08 bits per heavy atom. The maximum absolute atomic E-state index is 5.90. The summed E-state index contributed by atoms with van der Waals surface area (Å²) in [6, 6.07) is 1.17. The Morgan fingerprint density at radius 1 is 1.15 bits per heavy atom. The van der Waals surface area contributed by atoms with E-state index in [-0.39, 0.29) is 0 Å². The normalized spacial score (nSPS) is 37.6. The number of hydrogen-bond donors (Lipinski definition) is 1. The van der Waals surface area contributed by atoms with Crippen LogP contribution >= 0.6 is 0 Å². The molecule has 0 aromatic carbocycles. The van der Waals surface area contributed by atoms with Crippen LogP contribution in [0.3, 0.4) is 0 Å². The average Bonchev–Trinajstić information content (AvgIpc) is 2.43. The molecule has 13 heavy (non-hydrogen) atoms. The molecule has 0 aliphatic carbocycles. The average molecular weight is 184 g/mol. The zero-order chi connectivity index (χ0) is 9.10. The summed E-state index contributed by atoms with van der Waals surface area (Å²) >= 11 is 0. The zero-order valence-electron chi connectivity index (χ0n) is 8.24. The highest BCUT2D eigenvalue weighted by molar-refractivity contribution is 4.83. The first-order valence-electron chi connectivity index (χ1n) is 5.43. The van der Waals surface area contributed by atoms with Gasteiger partial charge in [0.1, 0.15) is 0 Å². The van der Waals surface area contributed by atoms with Gasteiger partial charge in [-0.1, -0.05) is 0 Å². The van der Waals surface area contributed by atoms with Crippen LogP contribution in [0, 0.1) is 0 Å². The molecular formula is C10H20N2O. The lowest BCUT2D eigenvalue weighted by atomic mass is 10.1. The molecule has 2 atom stereocenters. The molecular weight excluding hydrogens is 164 g/mol. The third kappa shape index (κ3) is 2.42. The van der Waals surface area contributed by atoms with Gasteiger partial charge in [0.25, 0.3) is 0 Å². The number of rotatable bonds is 1. The van der Waals surface area contributed by atoms with Crippen molar-refractivity contribution in [2.75, 3.05) is 26.3 Å². The van der Waals surface area contributed by atoms with Crippen molar-refractivity contribution in [3.8, 4) is 0 Å². The lowest BCUT2D eigenvalue weighted by molar-refractivity contribution is 0.134. The summed E-state index contributed by atoms with van der Waals surface area (Å²) < 4.78 is 5.45. The van der Waals surface area contributed by atoms with Crippen LogP contribution in [0.4, 0.5) is 0 Å². The van der Waals surface area contributed by atoms with Gasteiger partial charge in [-0.05, 0) is 25.7 Å². The molecule has 3 heteroatoms. The van der Waals surface area contributed by atoms with E-state index in [0.717, 1.165) is 25.8 Å². The fraction of sp³-hybridized carbons (Fsp3) is 1.00. The second-order valence-electron chi connectivity index (χ2n) is 4.24. The molecule has 2 heterocycles. The lowest BCUT2D eigenvalue weighted by Crippen LogP contribution is -2.35. The van der Waals surface area contributed by atoms with E-state index in [9.17, 15) is 0 Å². The predicted octanol–water partition coefficient (Wildman–Crippen LogP) is 0.588. The Morgan fingerprint density at radius 3 is 2.85 bits per heavy atom. The highest BCUT2D eigenvalue weighted by Crippen LogP contribution is 2.19. The van der Waals surface area contributed by atoms with Crippen LogP contribution in [0.1, 0.15) is 25.7 Å². The smallest absolute Gasteiger partial charge is 0.0480 e. The molecule has 3 nitrogen and oxygen atoms in total. The summed E-state index contributed by atoms with van der Waals surface area (Å²) in [5.74, 6) is 0. The van der Waals surface area contributed by atoms with Gasteiger partial charge < -0.3 is 10.5 Å². The molecule has 0 aromatic heterocycles. The van der Waals surface area contributed by atoms with Crippen LogP contribution in [0.15, 0.2) is 0 Å². The number of ether oxygens (including phenoxy) is 1. The molecule has 2 saturated heterocycles. The van der Waals surface area contributed by atoms with Gasteiger partial charge in [0, 0.05) is 38.4 Å². The van der Waals surface area contributed by atoms with E-state index in [4.69, 9.17) is 10.5 Å². The molecule has 2 aliphatic rings. The summed E-state index contributed by atoms with van der Waals surface area (Å²) in [4.78, 5) is 2.55. The minimum Gasteiger partial charge on any atom is -0.381 e. The van der Waals surface area contributed by atoms with Gasteiger partial charge in [0.05, 0.1) is 0 Å². The molecule has 2 aliphatic heterocycles. The Hall–Kier alpha value is -0.120. The van der Waals surface area contributed by atoms with Crippen molar-refractivity contribution in [2.24, 2.45) is 5.73 Å². The second kappa shape index (κ2) is 4.40. The van der Waals surface area contributed by atoms with Crippen LogP contribution in [-0.4, -0.2) is 43.3 Å². The fourth-order valence-corrected chi connectivity index (χ4v) is 2.40. The molecule has 0 aromatic rings. The van der Waals surface area contributed by atoms with E-state index in [1.54, 1.807) is 0 Å². The number of nitrogens with zero attached hydrogens (tertiary/aromatic N) is 1. The van der Waals surface area contributed by atoms with E-state index in [0.29, 0.717) is 6.04 Å². The number of hydrogen-bond acceptors (Lipinski definition) is 3. The minimum absolute atomic E-state index is 0.421. The quantitative estimate of drug-likeness (QED) is 0.648. The second-order valence-corrected chi connectivity index (χ2v) is 4.24. The van der Waals surface area contributed by atoms with E-state index in [1.165, 1.54) is 32.2 Å². The van der Waals surface area contributed by atoms with Crippen molar-refractivity contribution in [3.63, 3.8) is 0 Å². The minimum atomic E-state index is 0.421. The Bertz CT molecular complexity index is 155. The summed E-state index contributed by atoms with van der Waals surface area (Å²) in [7, 11) is 0. The largest absolute Gasteiger partial charge is 0.381 e. The van der Waals surface area contributed by atoms with Crippen molar-refractivity contribution in [1.82, 2.24) is 4.90 Å². The first-order chi connectivity index (χ1) is 6.36. The molecule has 2 unspecified atom stereocenters. The number of likely N-dealkylation sites (tertiary alicyclic amines) is 1. The van der Waals surface area contributed by atoms with Gasteiger partial charge in [-0.3, -0.25) is 4.90 Å². The van der Waals surface area contributed by atoms with Crippen molar-refractivity contribution in [3.05, 3.63) is 0 Å². The first-order valence-corrected chi connectivity index (χ1v) is 5.43. The van der Waals surface area contributed by atoms with Crippen molar-refractivity contribution in [2.45, 2.75) is 37.8 Å². The molecule has 0 bridgehead atoms. The van der Waals surface area contributed by atoms with E-state index in [1.807, 2.05) is 0 Å². The molecule has 0 spiro atoms. The van der Waals surface area contributed by atoms with Gasteiger partial charge in [0.15, 0.2) is 0 Å². The molecule has 76 valence electrons. The third-order valence-electron chi connectivity index (χ3n) is 3.19. The fourth-order valence-electron chi connectivity index (χ4n) is 2.40. The zero-order valence-corrected chi connectivity index (χ0v) is 8.24. The van der Waals surface area contributed by atoms with Gasteiger partial charge in [-0.25, -0.2) is 0 Å². The Kier molecular flexibility index (Phi) is 3.19. The summed E-state index contributed by atoms with van der Waals surface area (Å²) in [6.07, 6.45) is 4.90. The molecule has 2 rings (SSSR count). The summed E-state index contributed by atoms with van der Waals surface area (Å²) in [5, 5.41) is 0. The van der Waals surface area contributed by atoms with Crippen molar-refractivity contribution >= 4 is 0 Å². The van der Waals surface area contributed by atoms with Crippen LogP contribution < -0.4 is 5.73 Å². The highest BCUT2D eigenvalue weighted by Gasteiger charge is 2.26. The van der Waals surface area contributed by atoms with E-state index in [2.05, 4.69) is 4.90 Å². The van der Waals surface area contributed by atoms with Crippen LogP contribution in [0.2, 0.25) is 0 Å². The Labute approximate surface area is 80.2 Å². The maximum Gasteiger partial charge on any atom is 0.0480 e. The van der Waals surface area contributed by atoms with Crippen molar-refractivity contribution < 1.29 is 4.74 Å². The topological polar surface area (TPSA) is 38.5 Å². The van der Waals surface area contributed by atoms with Crippen LogP contribution in [0.5, 0.6) is 0 Å². The van der Waals surface area contributed by atoms with Gasteiger partial charge in [0.2, 0.25) is 0 Å². The van der Waals surface area contributed by atoms with Crippen LogP contribution in [0.25, 0.3) is 0 Å². The summed E-state index contributed by atoms with van der Waals surface area (Å²) in [5.41, 5.74) is 5.90. The maximum atomic E-state index is 5.90. The van der Waals surface area contributed by atoms with Crippen LogP contribution in [-0.2, 0) is 4.74 Å². The van der Waals surface area contributed by atoms with Gasteiger partial charge in [-0.2, -0.15) is 0 Å². The van der Waals surface area contributed by atoms with E-state index < -0.39 is 0 Å². The SMILES string of the molecule is NC1CCN(C2CCCOCC2)C1. The number of nitrogens with two attached hydrogens (primary N) is 1. The lowest BCUT2D eigenvalue weighted by Gasteiger charge is -2.25. The monoisotopic (exact) mass is 184 g/mol. The highest BCUT2D eigenvalue weighted by atomic mass is 16.5. The van der Waals surface area contributed by atoms with Gasteiger partial charge in [-0.15, -0.1) is 0 Å². The molecule has 0 radical (unpaired) electrons. The summed E-state index contributed by atoms with van der Waals surface area (Å²) in [6.45, 7) is 4.20. The third-order valence-corrected chi connectivity index (χ3v) is 3.19. The van der Waals surface area contributed by atoms with Crippen molar-refractivity contribution in [1.29, 1.82) is 0 Å². The molecule has 2 N–H and O–H groups in total. The standard InChI is InChI=1S/C10H20N2O/c11-9-3-5-12(8-9)10-2-1-6-13-7-4-10/h9-10H,1-8,11H2.